The van der Waals surface area contributed by atoms with E-state index in [-0.39, 0.29) is 0 Å². The fourth-order valence-electron chi connectivity index (χ4n) is 3.00. The lowest BCUT2D eigenvalue weighted by Gasteiger charge is -2.20. The average molecular weight is 266 g/mol. The lowest BCUT2D eigenvalue weighted by atomic mass is 9.98. The summed E-state index contributed by atoms with van der Waals surface area (Å²) in [5, 5.41) is 3.41. The van der Waals surface area contributed by atoms with Gasteiger partial charge >= 0.3 is 0 Å². The van der Waals surface area contributed by atoms with Crippen molar-refractivity contribution in [3.05, 3.63) is 12.3 Å². The first kappa shape index (κ1) is 16.6. The maximum atomic E-state index is 4.13. The Kier molecular flexibility index (Phi) is 7.52. The zero-order valence-electron chi connectivity index (χ0n) is 13.5. The van der Waals surface area contributed by atoms with Gasteiger partial charge in [-0.3, -0.25) is 4.90 Å². The van der Waals surface area contributed by atoms with Gasteiger partial charge in [0.2, 0.25) is 0 Å². The first-order valence-corrected chi connectivity index (χ1v) is 8.14. The van der Waals surface area contributed by atoms with E-state index in [0.29, 0.717) is 6.04 Å². The third-order valence-corrected chi connectivity index (χ3v) is 3.92. The minimum atomic E-state index is 0.502. The Morgan fingerprint density at radius 1 is 1.26 bits per heavy atom. The molecule has 0 amide bonds. The van der Waals surface area contributed by atoms with Crippen LogP contribution >= 0.6 is 0 Å². The second kappa shape index (κ2) is 8.63. The van der Waals surface area contributed by atoms with E-state index in [9.17, 15) is 0 Å². The molecule has 0 saturated carbocycles. The number of nitrogens with zero attached hydrogens (tertiary/aromatic N) is 1. The summed E-state index contributed by atoms with van der Waals surface area (Å²) in [6, 6.07) is 0.502. The molecule has 0 spiro atoms. The lowest BCUT2D eigenvalue weighted by Crippen LogP contribution is -2.31. The van der Waals surface area contributed by atoms with Crippen molar-refractivity contribution in [1.82, 2.24) is 10.2 Å². The highest BCUT2D eigenvalue weighted by Gasteiger charge is 2.22. The fraction of sp³-hybridized carbons (Fsp3) is 0.882. The summed E-state index contributed by atoms with van der Waals surface area (Å²) >= 11 is 0. The normalized spacial score (nSPS) is 20.4. The molecular weight excluding hydrogens is 232 g/mol. The van der Waals surface area contributed by atoms with Crippen molar-refractivity contribution in [3.8, 4) is 0 Å². The van der Waals surface area contributed by atoms with Gasteiger partial charge in [0.25, 0.3) is 0 Å². The molecule has 1 saturated heterocycles. The summed E-state index contributed by atoms with van der Waals surface area (Å²) in [4.78, 5) is 2.56. The highest BCUT2D eigenvalue weighted by atomic mass is 15.2. The van der Waals surface area contributed by atoms with E-state index >= 15 is 0 Å². The van der Waals surface area contributed by atoms with Crippen molar-refractivity contribution in [2.45, 2.75) is 65.8 Å². The Hall–Kier alpha value is -0.500. The Balaban J connectivity index is 2.10. The van der Waals surface area contributed by atoms with Gasteiger partial charge in [0.05, 0.1) is 0 Å². The molecule has 0 bridgehead atoms. The van der Waals surface area contributed by atoms with Gasteiger partial charge in [0.1, 0.15) is 0 Å². The molecule has 0 radical (unpaired) electrons. The highest BCUT2D eigenvalue weighted by Crippen LogP contribution is 2.23. The zero-order chi connectivity index (χ0) is 14.3. The molecule has 1 aliphatic heterocycles. The number of hydrogen-bond donors (Lipinski definition) is 1. The van der Waals surface area contributed by atoms with Crippen molar-refractivity contribution in [2.75, 3.05) is 19.6 Å². The van der Waals surface area contributed by atoms with Crippen LogP contribution in [0.15, 0.2) is 12.3 Å². The van der Waals surface area contributed by atoms with Crippen LogP contribution in [0.3, 0.4) is 0 Å². The standard InChI is InChI=1S/C17H34N2/c1-14(2)8-6-7-9-17-10-11-19(13-17)12-16(5)18-15(3)4/h14-15,17-18H,5-13H2,1-4H3. The van der Waals surface area contributed by atoms with Crippen molar-refractivity contribution >= 4 is 0 Å². The Labute approximate surface area is 120 Å². The van der Waals surface area contributed by atoms with Crippen LogP contribution in [-0.2, 0) is 0 Å². The first-order valence-electron chi connectivity index (χ1n) is 8.14. The largest absolute Gasteiger partial charge is 0.386 e. The molecule has 19 heavy (non-hydrogen) atoms. The van der Waals surface area contributed by atoms with Crippen LogP contribution in [0.2, 0.25) is 0 Å². The molecule has 0 aliphatic carbocycles. The number of unbranched alkanes of at least 4 members (excludes halogenated alkanes) is 1. The third-order valence-electron chi connectivity index (χ3n) is 3.92. The summed E-state index contributed by atoms with van der Waals surface area (Å²) in [5.41, 5.74) is 1.18. The summed E-state index contributed by atoms with van der Waals surface area (Å²) in [7, 11) is 0. The molecule has 0 aromatic rings. The Morgan fingerprint density at radius 3 is 2.63 bits per heavy atom. The average Bonchev–Trinajstić information content (AvgIpc) is 2.70. The van der Waals surface area contributed by atoms with Gasteiger partial charge < -0.3 is 5.32 Å². The van der Waals surface area contributed by atoms with Gasteiger partial charge in [-0.2, -0.15) is 0 Å². The number of nitrogens with one attached hydrogen (secondary N) is 1. The van der Waals surface area contributed by atoms with E-state index in [4.69, 9.17) is 0 Å². The van der Waals surface area contributed by atoms with E-state index in [1.54, 1.807) is 0 Å². The van der Waals surface area contributed by atoms with Gasteiger partial charge in [-0.25, -0.2) is 0 Å². The van der Waals surface area contributed by atoms with Crippen LogP contribution in [0.25, 0.3) is 0 Å². The topological polar surface area (TPSA) is 15.3 Å². The maximum absolute atomic E-state index is 4.13. The summed E-state index contributed by atoms with van der Waals surface area (Å²) in [6.45, 7) is 16.7. The van der Waals surface area contributed by atoms with Crippen LogP contribution < -0.4 is 5.32 Å². The zero-order valence-corrected chi connectivity index (χ0v) is 13.5. The molecule has 1 fully saturated rings. The van der Waals surface area contributed by atoms with Gasteiger partial charge in [0, 0.05) is 24.8 Å². The fourth-order valence-corrected chi connectivity index (χ4v) is 3.00. The minimum absolute atomic E-state index is 0.502. The van der Waals surface area contributed by atoms with Crippen LogP contribution in [-0.4, -0.2) is 30.6 Å². The molecule has 1 atom stereocenters. The molecule has 1 heterocycles. The predicted molar refractivity (Wildman–Crippen MR) is 85.3 cm³/mol. The van der Waals surface area contributed by atoms with Gasteiger partial charge in [-0.05, 0) is 45.1 Å². The summed E-state index contributed by atoms with van der Waals surface area (Å²) in [5.74, 6) is 1.80. The number of hydrogen-bond acceptors (Lipinski definition) is 2. The molecule has 112 valence electrons. The molecular formula is C17H34N2. The van der Waals surface area contributed by atoms with Crippen LogP contribution in [0.5, 0.6) is 0 Å². The van der Waals surface area contributed by atoms with E-state index in [2.05, 4.69) is 44.5 Å². The summed E-state index contributed by atoms with van der Waals surface area (Å²) < 4.78 is 0. The molecule has 0 aromatic carbocycles. The van der Waals surface area contributed by atoms with Crippen LogP contribution in [0, 0.1) is 11.8 Å². The lowest BCUT2D eigenvalue weighted by molar-refractivity contribution is 0.334. The molecule has 2 heteroatoms. The second-order valence-electron chi connectivity index (χ2n) is 6.97. The number of likely N-dealkylation sites (tertiary alicyclic amines) is 1. The van der Waals surface area contributed by atoms with Gasteiger partial charge in [-0.15, -0.1) is 0 Å². The third kappa shape index (κ3) is 7.61. The van der Waals surface area contributed by atoms with E-state index < -0.39 is 0 Å². The van der Waals surface area contributed by atoms with Crippen LogP contribution in [0.4, 0.5) is 0 Å². The van der Waals surface area contributed by atoms with E-state index in [1.807, 2.05) is 0 Å². The summed E-state index contributed by atoms with van der Waals surface area (Å²) in [6.07, 6.45) is 7.03. The molecule has 1 rings (SSSR count). The minimum Gasteiger partial charge on any atom is -0.386 e. The van der Waals surface area contributed by atoms with Crippen molar-refractivity contribution in [3.63, 3.8) is 0 Å². The second-order valence-corrected chi connectivity index (χ2v) is 6.97. The Bertz CT molecular complexity index is 258. The highest BCUT2D eigenvalue weighted by molar-refractivity contribution is 4.97. The maximum Gasteiger partial charge on any atom is 0.0375 e. The molecule has 1 aliphatic rings. The van der Waals surface area contributed by atoms with Crippen molar-refractivity contribution in [2.24, 2.45) is 11.8 Å². The van der Waals surface area contributed by atoms with Crippen molar-refractivity contribution < 1.29 is 0 Å². The van der Waals surface area contributed by atoms with Crippen LogP contribution in [0.1, 0.15) is 59.8 Å². The molecule has 0 aromatic heterocycles. The molecule has 1 N–H and O–H groups in total. The van der Waals surface area contributed by atoms with E-state index in [1.165, 1.54) is 50.9 Å². The molecule has 1 unspecified atom stereocenters. The van der Waals surface area contributed by atoms with Crippen molar-refractivity contribution in [1.29, 1.82) is 0 Å². The first-order chi connectivity index (χ1) is 8.97. The SMILES string of the molecule is C=C(CN1CCC(CCCCC(C)C)C1)NC(C)C. The van der Waals surface area contributed by atoms with Gasteiger partial charge in [-0.1, -0.05) is 39.7 Å². The van der Waals surface area contributed by atoms with E-state index in [0.717, 1.165) is 18.4 Å². The quantitative estimate of drug-likeness (QED) is 0.634. The monoisotopic (exact) mass is 266 g/mol. The molecule has 2 nitrogen and oxygen atoms in total. The van der Waals surface area contributed by atoms with Gasteiger partial charge in [0.15, 0.2) is 0 Å². The Morgan fingerprint density at radius 2 is 2.00 bits per heavy atom. The predicted octanol–water partition coefficient (Wildman–Crippen LogP) is 4.04. The smallest absolute Gasteiger partial charge is 0.0375 e. The number of rotatable bonds is 9.